The highest BCUT2D eigenvalue weighted by atomic mass is 15.1. The van der Waals surface area contributed by atoms with Crippen LogP contribution in [0.1, 0.15) is 50.8 Å². The van der Waals surface area contributed by atoms with E-state index < -0.39 is 0 Å². The second-order valence-electron chi connectivity index (χ2n) is 7.30. The summed E-state index contributed by atoms with van der Waals surface area (Å²) in [5, 5.41) is 0. The predicted octanol–water partition coefficient (Wildman–Crippen LogP) is 3.33. The van der Waals surface area contributed by atoms with Crippen molar-refractivity contribution in [2.75, 3.05) is 20.6 Å². The third kappa shape index (κ3) is 2.85. The van der Waals surface area contributed by atoms with Crippen molar-refractivity contribution in [2.45, 2.75) is 45.1 Å². The van der Waals surface area contributed by atoms with Crippen LogP contribution in [0.5, 0.6) is 0 Å². The zero-order chi connectivity index (χ0) is 14.3. The first-order chi connectivity index (χ1) is 8.80. The molecule has 1 atom stereocenters. The van der Waals surface area contributed by atoms with Gasteiger partial charge in [0.2, 0.25) is 0 Å². The van der Waals surface area contributed by atoms with Crippen LogP contribution in [0.2, 0.25) is 0 Å². The molecule has 0 saturated heterocycles. The molecule has 0 aliphatic heterocycles. The lowest BCUT2D eigenvalue weighted by Crippen LogP contribution is -2.33. The van der Waals surface area contributed by atoms with Gasteiger partial charge in [-0.15, -0.1) is 0 Å². The SMILES string of the molecule is CN(C)C(c1ccc(C(C)(C)C)cc1)C1(CN)CC1. The molecule has 1 aromatic rings. The number of benzene rings is 1. The lowest BCUT2D eigenvalue weighted by atomic mass is 9.84. The van der Waals surface area contributed by atoms with Gasteiger partial charge in [-0.25, -0.2) is 0 Å². The molecule has 2 nitrogen and oxygen atoms in total. The lowest BCUT2D eigenvalue weighted by molar-refractivity contribution is 0.198. The van der Waals surface area contributed by atoms with Crippen LogP contribution < -0.4 is 5.73 Å². The van der Waals surface area contributed by atoms with Crippen molar-refractivity contribution < 1.29 is 0 Å². The van der Waals surface area contributed by atoms with Crippen LogP contribution in [-0.4, -0.2) is 25.5 Å². The van der Waals surface area contributed by atoms with Crippen LogP contribution in [0.4, 0.5) is 0 Å². The minimum atomic E-state index is 0.220. The van der Waals surface area contributed by atoms with E-state index in [0.29, 0.717) is 11.5 Å². The van der Waals surface area contributed by atoms with Gasteiger partial charge in [0.15, 0.2) is 0 Å². The monoisotopic (exact) mass is 260 g/mol. The number of nitrogens with two attached hydrogens (primary N) is 1. The summed E-state index contributed by atoms with van der Waals surface area (Å²) < 4.78 is 0. The van der Waals surface area contributed by atoms with Gasteiger partial charge in [0.25, 0.3) is 0 Å². The van der Waals surface area contributed by atoms with Gasteiger partial charge in [-0.3, -0.25) is 0 Å². The molecule has 1 unspecified atom stereocenters. The van der Waals surface area contributed by atoms with Crippen LogP contribution in [0, 0.1) is 5.41 Å². The van der Waals surface area contributed by atoms with E-state index in [1.54, 1.807) is 0 Å². The van der Waals surface area contributed by atoms with Crippen molar-refractivity contribution in [2.24, 2.45) is 11.1 Å². The van der Waals surface area contributed by atoms with Gasteiger partial charge in [-0.2, -0.15) is 0 Å². The molecule has 0 bridgehead atoms. The van der Waals surface area contributed by atoms with Crippen LogP contribution in [-0.2, 0) is 5.41 Å². The van der Waals surface area contributed by atoms with E-state index in [4.69, 9.17) is 5.73 Å². The van der Waals surface area contributed by atoms with Gasteiger partial charge in [0.1, 0.15) is 0 Å². The molecule has 2 N–H and O–H groups in total. The van der Waals surface area contributed by atoms with E-state index in [1.165, 1.54) is 24.0 Å². The Balaban J connectivity index is 2.29. The zero-order valence-corrected chi connectivity index (χ0v) is 13.0. The van der Waals surface area contributed by atoms with E-state index in [-0.39, 0.29) is 5.41 Å². The maximum absolute atomic E-state index is 6.02. The van der Waals surface area contributed by atoms with Crippen molar-refractivity contribution >= 4 is 0 Å². The molecule has 0 amide bonds. The molecule has 1 saturated carbocycles. The Morgan fingerprint density at radius 2 is 1.68 bits per heavy atom. The Labute approximate surface area is 118 Å². The first-order valence-electron chi connectivity index (χ1n) is 7.27. The molecule has 19 heavy (non-hydrogen) atoms. The van der Waals surface area contributed by atoms with Crippen LogP contribution in [0.25, 0.3) is 0 Å². The van der Waals surface area contributed by atoms with E-state index in [2.05, 4.69) is 64.0 Å². The highest BCUT2D eigenvalue weighted by Crippen LogP contribution is 2.55. The normalized spacial score (nSPS) is 19.5. The van der Waals surface area contributed by atoms with Gasteiger partial charge in [-0.05, 0) is 50.0 Å². The van der Waals surface area contributed by atoms with Crippen molar-refractivity contribution in [3.63, 3.8) is 0 Å². The second kappa shape index (κ2) is 4.92. The fourth-order valence-electron chi connectivity index (χ4n) is 3.11. The van der Waals surface area contributed by atoms with E-state index in [1.807, 2.05) is 0 Å². The van der Waals surface area contributed by atoms with E-state index in [0.717, 1.165) is 6.54 Å². The quantitative estimate of drug-likeness (QED) is 0.900. The molecule has 0 aromatic heterocycles. The Morgan fingerprint density at radius 3 is 2.00 bits per heavy atom. The van der Waals surface area contributed by atoms with Gasteiger partial charge in [0, 0.05) is 11.5 Å². The molecular weight excluding hydrogens is 232 g/mol. The van der Waals surface area contributed by atoms with E-state index in [9.17, 15) is 0 Å². The maximum Gasteiger partial charge on any atom is 0.0410 e. The molecule has 0 spiro atoms. The standard InChI is InChI=1S/C17H28N2/c1-16(2,3)14-8-6-13(7-9-14)15(19(4)5)17(12-18)10-11-17/h6-9,15H,10-12,18H2,1-5H3. The maximum atomic E-state index is 6.02. The summed E-state index contributed by atoms with van der Waals surface area (Å²) in [6.45, 7) is 7.56. The highest BCUT2D eigenvalue weighted by molar-refractivity contribution is 5.31. The molecule has 106 valence electrons. The van der Waals surface area contributed by atoms with Gasteiger partial charge in [0.05, 0.1) is 0 Å². The smallest absolute Gasteiger partial charge is 0.0410 e. The number of hydrogen-bond donors (Lipinski definition) is 1. The van der Waals surface area contributed by atoms with Gasteiger partial charge >= 0.3 is 0 Å². The van der Waals surface area contributed by atoms with Crippen molar-refractivity contribution in [3.8, 4) is 0 Å². The lowest BCUT2D eigenvalue weighted by Gasteiger charge is -2.33. The number of hydrogen-bond acceptors (Lipinski definition) is 2. The first kappa shape index (κ1) is 14.5. The summed E-state index contributed by atoms with van der Waals surface area (Å²) in [5.74, 6) is 0. The number of rotatable bonds is 4. The third-order valence-electron chi connectivity index (χ3n) is 4.49. The summed E-state index contributed by atoms with van der Waals surface area (Å²) >= 11 is 0. The van der Waals surface area contributed by atoms with Gasteiger partial charge < -0.3 is 10.6 Å². The van der Waals surface area contributed by atoms with Crippen LogP contribution in [0.15, 0.2) is 24.3 Å². The van der Waals surface area contributed by atoms with Crippen molar-refractivity contribution in [1.82, 2.24) is 4.90 Å². The number of nitrogens with zero attached hydrogens (tertiary/aromatic N) is 1. The molecule has 2 heteroatoms. The average molecular weight is 260 g/mol. The molecule has 0 heterocycles. The van der Waals surface area contributed by atoms with Crippen LogP contribution in [0.3, 0.4) is 0 Å². The summed E-state index contributed by atoms with van der Waals surface area (Å²) in [5.41, 5.74) is 9.35. The molecule has 1 aromatic carbocycles. The van der Waals surface area contributed by atoms with E-state index >= 15 is 0 Å². The Hall–Kier alpha value is -0.860. The topological polar surface area (TPSA) is 29.3 Å². The molecular formula is C17H28N2. The summed E-state index contributed by atoms with van der Waals surface area (Å²) in [4.78, 5) is 2.33. The van der Waals surface area contributed by atoms with Crippen molar-refractivity contribution in [1.29, 1.82) is 0 Å². The summed E-state index contributed by atoms with van der Waals surface area (Å²) in [6, 6.07) is 9.59. The minimum Gasteiger partial charge on any atom is -0.330 e. The Bertz CT molecular complexity index is 422. The predicted molar refractivity (Wildman–Crippen MR) is 82.3 cm³/mol. The van der Waals surface area contributed by atoms with Crippen LogP contribution >= 0.6 is 0 Å². The molecule has 0 radical (unpaired) electrons. The Morgan fingerprint density at radius 1 is 1.16 bits per heavy atom. The molecule has 1 aliphatic rings. The molecule has 2 rings (SSSR count). The highest BCUT2D eigenvalue weighted by Gasteiger charge is 2.49. The fraction of sp³-hybridized carbons (Fsp3) is 0.647. The zero-order valence-electron chi connectivity index (χ0n) is 13.0. The Kier molecular flexibility index (Phi) is 3.76. The fourth-order valence-corrected chi connectivity index (χ4v) is 3.11. The molecule has 1 aliphatic carbocycles. The average Bonchev–Trinajstić information content (AvgIpc) is 3.09. The largest absolute Gasteiger partial charge is 0.330 e. The second-order valence-corrected chi connectivity index (χ2v) is 7.30. The van der Waals surface area contributed by atoms with Crippen molar-refractivity contribution in [3.05, 3.63) is 35.4 Å². The third-order valence-corrected chi connectivity index (χ3v) is 4.49. The molecule has 1 fully saturated rings. The first-order valence-corrected chi connectivity index (χ1v) is 7.27. The summed E-state index contributed by atoms with van der Waals surface area (Å²) in [7, 11) is 4.33. The van der Waals surface area contributed by atoms with Gasteiger partial charge in [-0.1, -0.05) is 45.0 Å². The summed E-state index contributed by atoms with van der Waals surface area (Å²) in [6.07, 6.45) is 2.51. The minimum absolute atomic E-state index is 0.220.